The Morgan fingerprint density at radius 2 is 1.88 bits per heavy atom. The van der Waals surface area contributed by atoms with Crippen LogP contribution in [0.4, 0.5) is 9.80 Å². The highest BCUT2D eigenvalue weighted by atomic mass is 35.5. The van der Waals surface area contributed by atoms with E-state index in [2.05, 4.69) is 15.0 Å². The lowest BCUT2D eigenvalue weighted by atomic mass is 10.1. The van der Waals surface area contributed by atoms with Gasteiger partial charge in [0.15, 0.2) is 0 Å². The van der Waals surface area contributed by atoms with Crippen molar-refractivity contribution in [2.45, 2.75) is 20.0 Å². The Morgan fingerprint density at radius 3 is 2.52 bits per heavy atom. The van der Waals surface area contributed by atoms with E-state index in [1.807, 2.05) is 11.8 Å². The summed E-state index contributed by atoms with van der Waals surface area (Å²) >= 11 is 13.3. The Labute approximate surface area is 205 Å². The molecular formula is C20H27Cl2N5O5S. The number of nitrogens with two attached hydrogens (primary N) is 1. The molecule has 33 heavy (non-hydrogen) atoms. The fourth-order valence-corrected chi connectivity index (χ4v) is 4.08. The summed E-state index contributed by atoms with van der Waals surface area (Å²) in [5, 5.41) is 24.2. The van der Waals surface area contributed by atoms with Crippen molar-refractivity contribution in [1.29, 1.82) is 0 Å². The summed E-state index contributed by atoms with van der Waals surface area (Å²) < 4.78 is 9.71. The molecule has 13 heteroatoms. The number of carbonyl (C=O) groups is 2. The van der Waals surface area contributed by atoms with Crippen molar-refractivity contribution in [3.8, 4) is 5.88 Å². The predicted octanol–water partition coefficient (Wildman–Crippen LogP) is 2.23. The van der Waals surface area contributed by atoms with Gasteiger partial charge in [0.1, 0.15) is 17.2 Å². The number of hydrogen-bond acceptors (Lipinski definition) is 8. The normalized spacial score (nSPS) is 11.0. The summed E-state index contributed by atoms with van der Waals surface area (Å²) in [6, 6.07) is 3.03. The number of ether oxygens (including phenoxy) is 1. The van der Waals surface area contributed by atoms with E-state index in [0.29, 0.717) is 48.2 Å². The second-order valence-corrected chi connectivity index (χ2v) is 8.57. The maximum atomic E-state index is 12.2. The van der Waals surface area contributed by atoms with Crippen molar-refractivity contribution < 1.29 is 24.5 Å². The molecule has 0 aliphatic rings. The maximum absolute atomic E-state index is 12.2. The zero-order chi connectivity index (χ0) is 24.4. The molecule has 2 rings (SSSR count). The molecule has 6 N–H and O–H groups in total. The van der Waals surface area contributed by atoms with Crippen LogP contribution < -0.4 is 21.1 Å². The van der Waals surface area contributed by atoms with Crippen molar-refractivity contribution in [3.05, 3.63) is 38.9 Å². The second-order valence-electron chi connectivity index (χ2n) is 7.04. The van der Waals surface area contributed by atoms with Crippen molar-refractivity contribution in [1.82, 2.24) is 14.6 Å². The molecule has 0 aliphatic carbocycles. The van der Waals surface area contributed by atoms with Gasteiger partial charge in [-0.3, -0.25) is 15.0 Å². The summed E-state index contributed by atoms with van der Waals surface area (Å²) in [6.45, 7) is 3.64. The van der Waals surface area contributed by atoms with Crippen molar-refractivity contribution in [3.63, 3.8) is 0 Å². The van der Waals surface area contributed by atoms with Gasteiger partial charge < -0.3 is 26.0 Å². The molecule has 0 radical (unpaired) electrons. The molecular weight excluding hydrogens is 493 g/mol. The van der Waals surface area contributed by atoms with Crippen LogP contribution in [0.1, 0.15) is 27.9 Å². The number of aryl methyl sites for hydroxylation is 1. The van der Waals surface area contributed by atoms with E-state index in [4.69, 9.17) is 43.9 Å². The van der Waals surface area contributed by atoms with E-state index < -0.39 is 11.9 Å². The van der Waals surface area contributed by atoms with Crippen LogP contribution in [0.5, 0.6) is 5.88 Å². The molecule has 0 spiro atoms. The van der Waals surface area contributed by atoms with Gasteiger partial charge in [-0.1, -0.05) is 35.3 Å². The molecule has 3 amide bonds. The molecule has 0 saturated heterocycles. The van der Waals surface area contributed by atoms with Gasteiger partial charge in [-0.25, -0.2) is 4.79 Å². The lowest BCUT2D eigenvalue weighted by Crippen LogP contribution is -2.35. The van der Waals surface area contributed by atoms with Gasteiger partial charge >= 0.3 is 6.03 Å². The predicted molar refractivity (Wildman–Crippen MR) is 128 cm³/mol. The molecule has 0 fully saturated rings. The minimum absolute atomic E-state index is 0.00661. The average molecular weight is 520 g/mol. The molecule has 0 bridgehead atoms. The summed E-state index contributed by atoms with van der Waals surface area (Å²) in [7, 11) is 0. The van der Waals surface area contributed by atoms with E-state index >= 15 is 0 Å². The zero-order valence-electron chi connectivity index (χ0n) is 18.1. The number of benzene rings is 1. The highest BCUT2D eigenvalue weighted by molar-refractivity contribution is 7.11. The first-order valence-electron chi connectivity index (χ1n) is 10.1. The standard InChI is InChI=1S/C20H27Cl2N5O5S/c1-12-3-4-13(16(22)15(12)21)11-32-18-14(17(23)30)19(33-26-18)25-20(31)24-5-2-6-27(7-9-28)8-10-29/h3-4,28-29H,2,5-11H2,1H3,(H2,23,30)(H2,24,25,31). The number of primary amides is 1. The number of carbonyl (C=O) groups excluding carboxylic acids is 2. The lowest BCUT2D eigenvalue weighted by molar-refractivity contribution is 0.0996. The number of halogens is 2. The highest BCUT2D eigenvalue weighted by Gasteiger charge is 2.22. The van der Waals surface area contributed by atoms with Crippen LogP contribution in [-0.4, -0.2) is 70.8 Å². The van der Waals surface area contributed by atoms with Crippen LogP contribution >= 0.6 is 34.7 Å². The summed E-state index contributed by atoms with van der Waals surface area (Å²) in [5.74, 6) is -0.815. The first-order valence-corrected chi connectivity index (χ1v) is 11.7. The molecule has 1 heterocycles. The number of urea groups is 1. The van der Waals surface area contributed by atoms with Crippen LogP contribution in [0.25, 0.3) is 0 Å². The Kier molecular flexibility index (Phi) is 11.1. The molecule has 1 aromatic heterocycles. The second kappa shape index (κ2) is 13.5. The first kappa shape index (κ1) is 27.1. The zero-order valence-corrected chi connectivity index (χ0v) is 20.4. The molecule has 0 saturated carbocycles. The number of nitrogens with zero attached hydrogens (tertiary/aromatic N) is 2. The number of aliphatic hydroxyl groups is 2. The van der Waals surface area contributed by atoms with Crippen LogP contribution in [-0.2, 0) is 6.61 Å². The topological polar surface area (TPSA) is 150 Å². The first-order chi connectivity index (χ1) is 15.8. The SMILES string of the molecule is Cc1ccc(COc2nsc(NC(=O)NCCCN(CCO)CCO)c2C(N)=O)c(Cl)c1Cl. The van der Waals surface area contributed by atoms with E-state index in [9.17, 15) is 9.59 Å². The summed E-state index contributed by atoms with van der Waals surface area (Å²) in [5.41, 5.74) is 6.87. The molecule has 182 valence electrons. The van der Waals surface area contributed by atoms with Gasteiger partial charge in [0, 0.05) is 25.2 Å². The van der Waals surface area contributed by atoms with Gasteiger partial charge in [-0.15, -0.1) is 0 Å². The number of rotatable bonds is 13. The largest absolute Gasteiger partial charge is 0.472 e. The Hall–Kier alpha value is -2.15. The van der Waals surface area contributed by atoms with Crippen molar-refractivity contribution in [2.24, 2.45) is 5.73 Å². The number of aliphatic hydroxyl groups excluding tert-OH is 2. The molecule has 2 aromatic rings. The minimum Gasteiger partial charge on any atom is -0.472 e. The van der Waals surface area contributed by atoms with Crippen LogP contribution in [0, 0.1) is 6.92 Å². The van der Waals surface area contributed by atoms with Gasteiger partial charge in [0.05, 0.1) is 23.3 Å². The summed E-state index contributed by atoms with van der Waals surface area (Å²) in [6.07, 6.45) is 0.604. The van der Waals surface area contributed by atoms with Gasteiger partial charge in [0.2, 0.25) is 5.88 Å². The number of aromatic nitrogens is 1. The quantitative estimate of drug-likeness (QED) is 0.254. The van der Waals surface area contributed by atoms with E-state index in [1.54, 1.807) is 12.1 Å². The minimum atomic E-state index is -0.800. The van der Waals surface area contributed by atoms with Gasteiger partial charge in [0.25, 0.3) is 5.91 Å². The molecule has 0 aliphatic heterocycles. The fraction of sp³-hybridized carbons (Fsp3) is 0.450. The van der Waals surface area contributed by atoms with Gasteiger partial charge in [-0.2, -0.15) is 4.37 Å². The number of amides is 3. The third-order valence-corrected chi connectivity index (χ3v) is 6.38. The number of anilines is 1. The third kappa shape index (κ3) is 7.98. The van der Waals surface area contributed by atoms with Crippen molar-refractivity contribution in [2.75, 3.05) is 44.7 Å². The molecule has 10 nitrogen and oxygen atoms in total. The van der Waals surface area contributed by atoms with E-state index in [-0.39, 0.29) is 36.3 Å². The fourth-order valence-electron chi connectivity index (χ4n) is 2.89. The maximum Gasteiger partial charge on any atom is 0.319 e. The van der Waals surface area contributed by atoms with Crippen LogP contribution in [0.15, 0.2) is 12.1 Å². The summed E-state index contributed by atoms with van der Waals surface area (Å²) in [4.78, 5) is 26.1. The Morgan fingerprint density at radius 1 is 1.18 bits per heavy atom. The van der Waals surface area contributed by atoms with E-state index in [1.165, 1.54) is 0 Å². The monoisotopic (exact) mass is 519 g/mol. The van der Waals surface area contributed by atoms with Crippen LogP contribution in [0.2, 0.25) is 10.0 Å². The average Bonchev–Trinajstić information content (AvgIpc) is 3.17. The molecule has 1 aromatic carbocycles. The lowest BCUT2D eigenvalue weighted by Gasteiger charge is -2.19. The Balaban J connectivity index is 1.94. The van der Waals surface area contributed by atoms with E-state index in [0.717, 1.165) is 17.1 Å². The Bertz CT molecular complexity index is 953. The van der Waals surface area contributed by atoms with Crippen molar-refractivity contribution >= 4 is 51.7 Å². The molecule has 0 atom stereocenters. The molecule has 0 unspecified atom stereocenters. The van der Waals surface area contributed by atoms with Crippen LogP contribution in [0.3, 0.4) is 0 Å². The smallest absolute Gasteiger partial charge is 0.319 e. The number of nitrogens with one attached hydrogen (secondary N) is 2. The number of hydrogen-bond donors (Lipinski definition) is 5. The van der Waals surface area contributed by atoms with Gasteiger partial charge in [-0.05, 0) is 37.0 Å². The highest BCUT2D eigenvalue weighted by Crippen LogP contribution is 2.33. The third-order valence-electron chi connectivity index (χ3n) is 4.62.